The minimum atomic E-state index is -4.57. The van der Waals surface area contributed by atoms with Gasteiger partial charge in [-0.3, -0.25) is 10.1 Å². The van der Waals surface area contributed by atoms with Gasteiger partial charge in [0.05, 0.1) is 16.0 Å². The third kappa shape index (κ3) is 5.13. The van der Waals surface area contributed by atoms with Crippen molar-refractivity contribution in [3.63, 3.8) is 0 Å². The van der Waals surface area contributed by atoms with Gasteiger partial charge in [-0.05, 0) is 29.7 Å². The van der Waals surface area contributed by atoms with Crippen LogP contribution in [0.25, 0.3) is 10.8 Å². The number of hydrogen-bond donors (Lipinski definition) is 1. The van der Waals surface area contributed by atoms with Gasteiger partial charge in [0.2, 0.25) is 0 Å². The third-order valence-electron chi connectivity index (χ3n) is 4.87. The number of nitrogens with one attached hydrogen (secondary N) is 1. The molecule has 0 radical (unpaired) electrons. The van der Waals surface area contributed by atoms with Crippen molar-refractivity contribution >= 4 is 42.8 Å². The number of nitro benzene ring substituents is 1. The molecule has 0 atom stereocenters. The lowest BCUT2D eigenvalue weighted by Gasteiger charge is -2.10. The van der Waals surface area contributed by atoms with E-state index in [0.717, 1.165) is 23.7 Å². The highest BCUT2D eigenvalue weighted by Crippen LogP contribution is 2.28. The smallest absolute Gasteiger partial charge is 0.346 e. The van der Waals surface area contributed by atoms with Crippen molar-refractivity contribution in [2.24, 2.45) is 5.10 Å². The van der Waals surface area contributed by atoms with Crippen molar-refractivity contribution in [1.29, 1.82) is 0 Å². The van der Waals surface area contributed by atoms with E-state index in [4.69, 9.17) is 4.18 Å². The second-order valence-corrected chi connectivity index (χ2v) is 10.3. The third-order valence-corrected chi connectivity index (χ3v) is 7.43. The van der Waals surface area contributed by atoms with Crippen LogP contribution in [-0.4, -0.2) is 28.0 Å². The van der Waals surface area contributed by atoms with Crippen molar-refractivity contribution in [3.05, 3.63) is 107 Å². The quantitative estimate of drug-likeness (QED) is 0.164. The second kappa shape index (κ2) is 9.52. The molecule has 35 heavy (non-hydrogen) atoms. The van der Waals surface area contributed by atoms with Gasteiger partial charge in [-0.1, -0.05) is 60.7 Å². The van der Waals surface area contributed by atoms with E-state index >= 15 is 0 Å². The van der Waals surface area contributed by atoms with Crippen molar-refractivity contribution in [1.82, 2.24) is 4.83 Å². The summed E-state index contributed by atoms with van der Waals surface area (Å²) in [4.78, 5) is 11.9. The van der Waals surface area contributed by atoms with Gasteiger partial charge < -0.3 is 4.18 Å². The van der Waals surface area contributed by atoms with Crippen LogP contribution in [0.2, 0.25) is 0 Å². The van der Waals surface area contributed by atoms with E-state index in [0.29, 0.717) is 5.39 Å². The number of rotatable bonds is 8. The van der Waals surface area contributed by atoms with Gasteiger partial charge >= 0.3 is 10.1 Å². The number of hydrogen-bond acceptors (Lipinski definition) is 8. The molecule has 10 nitrogen and oxygen atoms in total. The molecule has 0 aromatic heterocycles. The summed E-state index contributed by atoms with van der Waals surface area (Å²) in [7, 11) is -8.62. The molecule has 0 spiro atoms. The minimum Gasteiger partial charge on any atom is -0.378 e. The molecule has 1 N–H and O–H groups in total. The van der Waals surface area contributed by atoms with Gasteiger partial charge in [0.15, 0.2) is 10.6 Å². The first kappa shape index (κ1) is 23.9. The Morgan fingerprint density at radius 2 is 1.43 bits per heavy atom. The van der Waals surface area contributed by atoms with Gasteiger partial charge in [0.25, 0.3) is 15.7 Å². The van der Waals surface area contributed by atoms with Gasteiger partial charge in [-0.15, -0.1) is 0 Å². The number of para-hydroxylation sites is 2. The molecule has 0 saturated heterocycles. The predicted octanol–water partition coefficient (Wildman–Crippen LogP) is 3.83. The molecule has 4 rings (SSSR count). The van der Waals surface area contributed by atoms with Crippen LogP contribution in [-0.2, 0) is 20.1 Å². The lowest BCUT2D eigenvalue weighted by Crippen LogP contribution is -2.19. The van der Waals surface area contributed by atoms with E-state index in [1.807, 2.05) is 0 Å². The molecular weight excluding hydrogens is 494 g/mol. The van der Waals surface area contributed by atoms with Crippen molar-refractivity contribution < 1.29 is 25.9 Å². The Hall–Kier alpha value is -4.29. The average Bonchev–Trinajstić information content (AvgIpc) is 2.84. The average molecular weight is 512 g/mol. The monoisotopic (exact) mass is 511 g/mol. The summed E-state index contributed by atoms with van der Waals surface area (Å²) in [5.41, 5.74) is -0.517. The minimum absolute atomic E-state index is 0.0243. The summed E-state index contributed by atoms with van der Waals surface area (Å²) in [5.74, 6) is -0.196. The zero-order valence-electron chi connectivity index (χ0n) is 17.8. The number of nitro groups is 1. The molecule has 0 saturated carbocycles. The number of fused-ring (bicyclic) bond motifs is 1. The molecule has 0 unspecified atom stereocenters. The number of nitrogens with zero attached hydrogens (tertiary/aromatic N) is 2. The summed E-state index contributed by atoms with van der Waals surface area (Å²) >= 11 is 0. The van der Waals surface area contributed by atoms with Crippen LogP contribution in [0.4, 0.5) is 5.69 Å². The maximum atomic E-state index is 12.8. The molecule has 0 amide bonds. The lowest BCUT2D eigenvalue weighted by atomic mass is 10.1. The van der Waals surface area contributed by atoms with Crippen LogP contribution in [0.3, 0.4) is 0 Å². The van der Waals surface area contributed by atoms with Gasteiger partial charge in [-0.25, -0.2) is 4.83 Å². The Morgan fingerprint density at radius 1 is 0.800 bits per heavy atom. The summed E-state index contributed by atoms with van der Waals surface area (Å²) in [6.07, 6.45) is 1.08. The summed E-state index contributed by atoms with van der Waals surface area (Å²) in [6, 6.07) is 22.4. The zero-order valence-corrected chi connectivity index (χ0v) is 19.4. The van der Waals surface area contributed by atoms with Crippen molar-refractivity contribution in [2.45, 2.75) is 9.79 Å². The van der Waals surface area contributed by atoms with E-state index in [1.54, 1.807) is 42.5 Å². The van der Waals surface area contributed by atoms with Gasteiger partial charge in [0.1, 0.15) is 0 Å². The SMILES string of the molecule is O=[N+]([O-])c1ccccc1S(=O)(=O)Oc1ccccc1/C=N/NS(=O)(=O)c1cccc2ccccc12. The van der Waals surface area contributed by atoms with Gasteiger partial charge in [-0.2, -0.15) is 21.9 Å². The Morgan fingerprint density at radius 3 is 2.23 bits per heavy atom. The normalized spacial score (nSPS) is 12.0. The van der Waals surface area contributed by atoms with E-state index in [-0.39, 0.29) is 16.2 Å². The van der Waals surface area contributed by atoms with Crippen LogP contribution in [0.5, 0.6) is 5.75 Å². The molecule has 0 aliphatic carbocycles. The van der Waals surface area contributed by atoms with Crippen LogP contribution in [0, 0.1) is 10.1 Å². The summed E-state index contributed by atoms with van der Waals surface area (Å²) in [6.45, 7) is 0. The Labute approximate surface area is 200 Å². The van der Waals surface area contributed by atoms with E-state index in [2.05, 4.69) is 9.93 Å². The molecule has 0 fully saturated rings. The maximum Gasteiger partial charge on any atom is 0.346 e. The number of benzene rings is 4. The predicted molar refractivity (Wildman–Crippen MR) is 129 cm³/mol. The molecule has 12 heteroatoms. The van der Waals surface area contributed by atoms with Crippen molar-refractivity contribution in [3.8, 4) is 5.75 Å². The van der Waals surface area contributed by atoms with Crippen molar-refractivity contribution in [2.75, 3.05) is 0 Å². The highest BCUT2D eigenvalue weighted by molar-refractivity contribution is 7.89. The van der Waals surface area contributed by atoms with E-state index in [1.165, 1.54) is 36.4 Å². The fourth-order valence-corrected chi connectivity index (χ4v) is 5.43. The molecule has 0 aliphatic rings. The second-order valence-electron chi connectivity index (χ2n) is 7.13. The fourth-order valence-electron chi connectivity index (χ4n) is 3.29. The molecular formula is C23H17N3O7S2. The number of sulfonamides is 1. The molecule has 0 bridgehead atoms. The topological polar surface area (TPSA) is 145 Å². The Balaban J connectivity index is 1.61. The molecule has 4 aromatic carbocycles. The maximum absolute atomic E-state index is 12.8. The van der Waals surface area contributed by atoms with Crippen LogP contribution in [0.15, 0.2) is 106 Å². The summed E-state index contributed by atoms with van der Waals surface area (Å²) < 4.78 is 56.3. The first-order valence-electron chi connectivity index (χ1n) is 9.99. The van der Waals surface area contributed by atoms with Crippen LogP contribution >= 0.6 is 0 Å². The van der Waals surface area contributed by atoms with E-state index < -0.39 is 35.6 Å². The molecule has 0 heterocycles. The molecule has 178 valence electrons. The summed E-state index contributed by atoms with van der Waals surface area (Å²) in [5, 5.41) is 16.2. The van der Waals surface area contributed by atoms with Crippen LogP contribution in [0.1, 0.15) is 5.56 Å². The largest absolute Gasteiger partial charge is 0.378 e. The first-order valence-corrected chi connectivity index (χ1v) is 12.9. The van der Waals surface area contributed by atoms with Crippen LogP contribution < -0.4 is 9.01 Å². The lowest BCUT2D eigenvalue weighted by molar-refractivity contribution is -0.387. The Bertz CT molecular complexity index is 1660. The number of hydrazone groups is 1. The Kier molecular flexibility index (Phi) is 6.49. The zero-order chi connectivity index (χ0) is 25.1. The van der Waals surface area contributed by atoms with E-state index in [9.17, 15) is 26.9 Å². The molecule has 4 aromatic rings. The fraction of sp³-hybridized carbons (Fsp3) is 0. The molecule has 0 aliphatic heterocycles. The standard InChI is InChI=1S/C23H17N3O7S2/c27-26(28)20-12-4-6-14-23(20)35(31,32)33-21-13-5-2-9-18(21)16-24-25-34(29,30)22-15-7-10-17-8-1-3-11-19(17)22/h1-16,25H/b24-16+. The first-order chi connectivity index (χ1) is 16.7. The van der Waals surface area contributed by atoms with Gasteiger partial charge in [0, 0.05) is 17.0 Å². The highest BCUT2D eigenvalue weighted by Gasteiger charge is 2.27. The highest BCUT2D eigenvalue weighted by atomic mass is 32.2.